The molecule has 0 rings (SSSR count). The van der Waals surface area contributed by atoms with Gasteiger partial charge in [0.1, 0.15) is 13.2 Å². The molecule has 0 spiro atoms. The second-order valence-electron chi connectivity index (χ2n) is 10.5. The smallest absolute Gasteiger partial charge is 0.331 e. The van der Waals surface area contributed by atoms with Crippen molar-refractivity contribution in [3.05, 3.63) is 0 Å². The van der Waals surface area contributed by atoms with Crippen molar-refractivity contribution in [3.63, 3.8) is 0 Å². The quantitative estimate of drug-likeness (QED) is 0.0653. The molecule has 0 unspecified atom stereocenters. The molecule has 44 heavy (non-hydrogen) atoms. The van der Waals surface area contributed by atoms with Gasteiger partial charge in [-0.15, -0.1) is 0 Å². The molecule has 0 aromatic heterocycles. The molecular formula is C33H64O11. The van der Waals surface area contributed by atoms with Crippen LogP contribution >= 0.6 is 0 Å². The van der Waals surface area contributed by atoms with Crippen molar-refractivity contribution in [2.24, 2.45) is 0 Å². The van der Waals surface area contributed by atoms with Crippen LogP contribution < -0.4 is 0 Å². The summed E-state index contributed by atoms with van der Waals surface area (Å²) < 4.78 is 47.3. The molecule has 0 N–H and O–H groups in total. The van der Waals surface area contributed by atoms with Crippen molar-refractivity contribution < 1.29 is 52.2 Å². The number of hydrogen-bond donors (Lipinski definition) is 0. The van der Waals surface area contributed by atoms with Gasteiger partial charge in [-0.3, -0.25) is 4.79 Å². The SMILES string of the molecule is CCCCCCCCCCCCCCCC(=O)OCCOCCOCCOCCOCCOCCOCCOCC(=O)OC. The van der Waals surface area contributed by atoms with E-state index in [4.69, 9.17) is 37.9 Å². The predicted octanol–water partition coefficient (Wildman–Crippen LogP) is 5.30. The Morgan fingerprint density at radius 3 is 1.07 bits per heavy atom. The number of hydrogen-bond acceptors (Lipinski definition) is 11. The normalized spacial score (nSPS) is 11.2. The molecule has 0 amide bonds. The molecule has 11 nitrogen and oxygen atoms in total. The highest BCUT2D eigenvalue weighted by atomic mass is 16.6. The molecule has 0 saturated heterocycles. The van der Waals surface area contributed by atoms with E-state index in [9.17, 15) is 9.59 Å². The fraction of sp³-hybridized carbons (Fsp3) is 0.939. The minimum atomic E-state index is -0.407. The van der Waals surface area contributed by atoms with Crippen LogP contribution in [-0.4, -0.2) is 118 Å². The molecule has 0 fully saturated rings. The summed E-state index contributed by atoms with van der Waals surface area (Å²) in [5.41, 5.74) is 0. The first kappa shape index (κ1) is 42.7. The van der Waals surface area contributed by atoms with E-state index in [-0.39, 0.29) is 19.2 Å². The molecule has 0 saturated carbocycles. The summed E-state index contributed by atoms with van der Waals surface area (Å²) in [6.07, 6.45) is 17.3. The fourth-order valence-corrected chi connectivity index (χ4v) is 4.11. The van der Waals surface area contributed by atoms with Crippen LogP contribution in [0.15, 0.2) is 0 Å². The van der Waals surface area contributed by atoms with Gasteiger partial charge in [-0.05, 0) is 6.42 Å². The molecule has 0 radical (unpaired) electrons. The van der Waals surface area contributed by atoms with E-state index >= 15 is 0 Å². The maximum atomic E-state index is 11.8. The first-order valence-corrected chi connectivity index (χ1v) is 17.0. The summed E-state index contributed by atoms with van der Waals surface area (Å²) in [5.74, 6) is -0.542. The summed E-state index contributed by atoms with van der Waals surface area (Å²) in [5, 5.41) is 0. The van der Waals surface area contributed by atoms with Gasteiger partial charge in [-0.1, -0.05) is 84.0 Å². The lowest BCUT2D eigenvalue weighted by Crippen LogP contribution is -2.16. The third kappa shape index (κ3) is 36.8. The molecule has 262 valence electrons. The Morgan fingerprint density at radius 1 is 0.386 bits per heavy atom. The van der Waals surface area contributed by atoms with Crippen LogP contribution in [0.4, 0.5) is 0 Å². The van der Waals surface area contributed by atoms with Crippen molar-refractivity contribution >= 4 is 11.9 Å². The van der Waals surface area contributed by atoms with E-state index in [0.29, 0.717) is 92.3 Å². The first-order chi connectivity index (χ1) is 21.7. The Balaban J connectivity index is 3.14. The molecule has 0 bridgehead atoms. The monoisotopic (exact) mass is 636 g/mol. The third-order valence-corrected chi connectivity index (χ3v) is 6.65. The van der Waals surface area contributed by atoms with Crippen molar-refractivity contribution in [1.82, 2.24) is 0 Å². The third-order valence-electron chi connectivity index (χ3n) is 6.65. The van der Waals surface area contributed by atoms with Crippen LogP contribution in [0.2, 0.25) is 0 Å². The Kier molecular flexibility index (Phi) is 36.7. The fourth-order valence-electron chi connectivity index (χ4n) is 4.11. The van der Waals surface area contributed by atoms with Crippen LogP contribution in [0.3, 0.4) is 0 Å². The van der Waals surface area contributed by atoms with Gasteiger partial charge < -0.3 is 42.6 Å². The zero-order valence-electron chi connectivity index (χ0n) is 28.0. The zero-order chi connectivity index (χ0) is 32.0. The predicted molar refractivity (Wildman–Crippen MR) is 169 cm³/mol. The Hall–Kier alpha value is -1.34. The van der Waals surface area contributed by atoms with E-state index in [1.54, 1.807) is 0 Å². The van der Waals surface area contributed by atoms with Gasteiger partial charge in [-0.25, -0.2) is 4.79 Å². The number of esters is 2. The highest BCUT2D eigenvalue weighted by Gasteiger charge is 2.03. The van der Waals surface area contributed by atoms with Gasteiger partial charge in [-0.2, -0.15) is 0 Å². The number of rotatable bonds is 37. The van der Waals surface area contributed by atoms with Crippen molar-refractivity contribution in [2.75, 3.05) is 106 Å². The summed E-state index contributed by atoms with van der Waals surface area (Å²) in [6, 6.07) is 0. The summed E-state index contributed by atoms with van der Waals surface area (Å²) in [4.78, 5) is 22.7. The van der Waals surface area contributed by atoms with Crippen LogP contribution in [-0.2, 0) is 52.2 Å². The maximum absolute atomic E-state index is 11.8. The van der Waals surface area contributed by atoms with Crippen molar-refractivity contribution in [3.8, 4) is 0 Å². The summed E-state index contributed by atoms with van der Waals surface area (Å²) >= 11 is 0. The molecule has 0 heterocycles. The van der Waals surface area contributed by atoms with Crippen LogP contribution in [0.1, 0.15) is 96.8 Å². The van der Waals surface area contributed by atoms with Gasteiger partial charge in [0.15, 0.2) is 0 Å². The van der Waals surface area contributed by atoms with E-state index in [1.165, 1.54) is 77.7 Å². The van der Waals surface area contributed by atoms with E-state index < -0.39 is 5.97 Å². The minimum Gasteiger partial charge on any atom is -0.467 e. The van der Waals surface area contributed by atoms with E-state index in [1.807, 2.05) is 0 Å². The second kappa shape index (κ2) is 37.8. The molecule has 0 atom stereocenters. The van der Waals surface area contributed by atoms with Gasteiger partial charge >= 0.3 is 11.9 Å². The molecule has 11 heteroatoms. The highest BCUT2D eigenvalue weighted by molar-refractivity contribution is 5.70. The average molecular weight is 637 g/mol. The topological polar surface area (TPSA) is 117 Å². The number of unbranched alkanes of at least 4 members (excludes halogenated alkanes) is 12. The number of ether oxygens (including phenoxy) is 9. The molecule has 0 aliphatic carbocycles. The van der Waals surface area contributed by atoms with Crippen molar-refractivity contribution in [1.29, 1.82) is 0 Å². The summed E-state index contributed by atoms with van der Waals surface area (Å²) in [6.45, 7) is 8.30. The number of carbonyl (C=O) groups is 2. The Bertz CT molecular complexity index is 592. The molecule has 0 aromatic rings. The lowest BCUT2D eigenvalue weighted by atomic mass is 10.0. The van der Waals surface area contributed by atoms with Crippen LogP contribution in [0.25, 0.3) is 0 Å². The van der Waals surface area contributed by atoms with E-state index in [0.717, 1.165) is 12.8 Å². The average Bonchev–Trinajstić information content (AvgIpc) is 3.03. The van der Waals surface area contributed by atoms with Gasteiger partial charge in [0.25, 0.3) is 0 Å². The molecule has 0 aliphatic heterocycles. The van der Waals surface area contributed by atoms with Crippen LogP contribution in [0, 0.1) is 0 Å². The first-order valence-electron chi connectivity index (χ1n) is 17.0. The molecular weight excluding hydrogens is 572 g/mol. The number of carbonyl (C=O) groups excluding carboxylic acids is 2. The standard InChI is InChI=1S/C33H64O11/c1-3-4-5-6-7-8-9-10-11-12-13-14-15-16-32(34)44-30-29-42-26-25-40-22-21-38-18-17-37-19-20-39-23-24-41-27-28-43-31-33(35)36-2/h3-31H2,1-2H3. The van der Waals surface area contributed by atoms with Gasteiger partial charge in [0.05, 0.1) is 93.0 Å². The lowest BCUT2D eigenvalue weighted by molar-refractivity contribution is -0.146. The second-order valence-corrected chi connectivity index (χ2v) is 10.5. The van der Waals surface area contributed by atoms with Crippen molar-refractivity contribution in [2.45, 2.75) is 96.8 Å². The van der Waals surface area contributed by atoms with Gasteiger partial charge in [0.2, 0.25) is 0 Å². The van der Waals surface area contributed by atoms with E-state index in [2.05, 4.69) is 11.7 Å². The maximum Gasteiger partial charge on any atom is 0.331 e. The van der Waals surface area contributed by atoms with Crippen LogP contribution in [0.5, 0.6) is 0 Å². The largest absolute Gasteiger partial charge is 0.467 e. The highest BCUT2D eigenvalue weighted by Crippen LogP contribution is 2.13. The number of methoxy groups -OCH3 is 1. The molecule has 0 aromatic carbocycles. The lowest BCUT2D eigenvalue weighted by Gasteiger charge is -2.08. The molecule has 0 aliphatic rings. The zero-order valence-corrected chi connectivity index (χ0v) is 28.0. The minimum absolute atomic E-state index is 0.0694. The summed E-state index contributed by atoms with van der Waals surface area (Å²) in [7, 11) is 1.32. The Labute approximate surface area is 267 Å². The van der Waals surface area contributed by atoms with Gasteiger partial charge in [0, 0.05) is 6.42 Å². The Morgan fingerprint density at radius 2 is 0.705 bits per heavy atom.